The summed E-state index contributed by atoms with van der Waals surface area (Å²) in [5, 5.41) is 10.5. The number of hydrogen-bond donors (Lipinski definition) is 1. The zero-order chi connectivity index (χ0) is 14.2. The minimum atomic E-state index is -0.571. The second-order valence-corrected chi connectivity index (χ2v) is 6.33. The van der Waals surface area contributed by atoms with Crippen LogP contribution < -0.4 is 9.47 Å². The number of fused-ring (bicyclic) bond motifs is 1. The van der Waals surface area contributed by atoms with Crippen LogP contribution in [0.25, 0.3) is 0 Å². The molecule has 0 spiro atoms. The van der Waals surface area contributed by atoms with E-state index in [4.69, 9.17) is 9.47 Å². The number of benzene rings is 1. The van der Waals surface area contributed by atoms with Gasteiger partial charge >= 0.3 is 0 Å². The van der Waals surface area contributed by atoms with Crippen molar-refractivity contribution >= 4 is 0 Å². The van der Waals surface area contributed by atoms with Crippen molar-refractivity contribution in [2.75, 3.05) is 6.61 Å². The maximum atomic E-state index is 10.5. The Labute approximate surface area is 115 Å². The summed E-state index contributed by atoms with van der Waals surface area (Å²) in [4.78, 5) is 0. The number of ether oxygens (including phenoxy) is 2. The van der Waals surface area contributed by atoms with E-state index in [9.17, 15) is 5.11 Å². The quantitative estimate of drug-likeness (QED) is 0.908. The first kappa shape index (κ1) is 14.2. The molecule has 0 aliphatic carbocycles. The second kappa shape index (κ2) is 5.04. The summed E-state index contributed by atoms with van der Waals surface area (Å²) in [7, 11) is 0. The van der Waals surface area contributed by atoms with Crippen LogP contribution in [-0.4, -0.2) is 17.8 Å². The van der Waals surface area contributed by atoms with Crippen molar-refractivity contribution in [2.45, 2.75) is 53.2 Å². The third-order valence-electron chi connectivity index (χ3n) is 3.44. The van der Waals surface area contributed by atoms with Gasteiger partial charge in [-0.1, -0.05) is 20.8 Å². The molecular formula is C16H24O3. The van der Waals surface area contributed by atoms with Crippen molar-refractivity contribution in [1.82, 2.24) is 0 Å². The molecule has 0 saturated heterocycles. The molecule has 2 unspecified atom stereocenters. The van der Waals surface area contributed by atoms with Crippen molar-refractivity contribution in [1.29, 1.82) is 0 Å². The van der Waals surface area contributed by atoms with E-state index in [-0.39, 0.29) is 11.5 Å². The highest BCUT2D eigenvalue weighted by molar-refractivity contribution is 5.50. The van der Waals surface area contributed by atoms with Crippen LogP contribution >= 0.6 is 0 Å². The normalized spacial score (nSPS) is 19.8. The summed E-state index contributed by atoms with van der Waals surface area (Å²) in [5.41, 5.74) is 1.76. The molecule has 1 aliphatic heterocycles. The lowest BCUT2D eigenvalue weighted by atomic mass is 9.84. The molecule has 0 radical (unpaired) electrons. The monoisotopic (exact) mass is 264 g/mol. The lowest BCUT2D eigenvalue weighted by Crippen LogP contribution is -2.19. The number of hydrogen-bond acceptors (Lipinski definition) is 3. The Balaban J connectivity index is 2.44. The molecule has 1 aromatic rings. The fraction of sp³-hybridized carbons (Fsp3) is 0.625. The number of aliphatic hydroxyl groups is 1. The standard InChI is InChI=1S/C16H24O3/c1-6-18-14-8-11-7-10(2)19-13(11)9-12(14)15(17)16(3,4)5/h8-10,15,17H,6-7H2,1-5H3. The number of aliphatic hydroxyl groups excluding tert-OH is 1. The molecule has 1 N–H and O–H groups in total. The van der Waals surface area contributed by atoms with Crippen molar-refractivity contribution in [2.24, 2.45) is 5.41 Å². The lowest BCUT2D eigenvalue weighted by molar-refractivity contribution is 0.0596. The van der Waals surface area contributed by atoms with E-state index in [1.807, 2.05) is 39.8 Å². The van der Waals surface area contributed by atoms with Gasteiger partial charge in [0.05, 0.1) is 12.7 Å². The van der Waals surface area contributed by atoms with Gasteiger partial charge in [0.25, 0.3) is 0 Å². The molecule has 0 fully saturated rings. The van der Waals surface area contributed by atoms with E-state index in [2.05, 4.69) is 6.92 Å². The molecule has 0 aromatic heterocycles. The lowest BCUT2D eigenvalue weighted by Gasteiger charge is -2.28. The highest BCUT2D eigenvalue weighted by Gasteiger charge is 2.30. The van der Waals surface area contributed by atoms with Crippen LogP contribution in [0.5, 0.6) is 11.5 Å². The van der Waals surface area contributed by atoms with Crippen LogP contribution in [-0.2, 0) is 6.42 Å². The van der Waals surface area contributed by atoms with Crippen molar-refractivity contribution in [3.05, 3.63) is 23.3 Å². The van der Waals surface area contributed by atoms with Crippen LogP contribution in [0.15, 0.2) is 12.1 Å². The summed E-state index contributed by atoms with van der Waals surface area (Å²) in [6.07, 6.45) is 0.534. The van der Waals surface area contributed by atoms with Crippen molar-refractivity contribution in [3.8, 4) is 11.5 Å². The summed E-state index contributed by atoms with van der Waals surface area (Å²) < 4.78 is 11.5. The van der Waals surface area contributed by atoms with Gasteiger partial charge in [-0.25, -0.2) is 0 Å². The SMILES string of the molecule is CCOc1cc2c(cc1C(O)C(C)(C)C)OC(C)C2. The maximum absolute atomic E-state index is 10.5. The average Bonchev–Trinajstić information content (AvgIpc) is 2.65. The molecule has 0 saturated carbocycles. The summed E-state index contributed by atoms with van der Waals surface area (Å²) in [5.74, 6) is 1.66. The molecular weight excluding hydrogens is 240 g/mol. The van der Waals surface area contributed by atoms with Gasteiger partial charge in [-0.3, -0.25) is 0 Å². The highest BCUT2D eigenvalue weighted by atomic mass is 16.5. The van der Waals surface area contributed by atoms with Crippen LogP contribution in [0.1, 0.15) is 51.8 Å². The fourth-order valence-electron chi connectivity index (χ4n) is 2.42. The first-order valence-corrected chi connectivity index (χ1v) is 6.97. The molecule has 0 bridgehead atoms. The Morgan fingerprint density at radius 1 is 1.42 bits per heavy atom. The first-order valence-electron chi connectivity index (χ1n) is 6.97. The van der Waals surface area contributed by atoms with E-state index in [1.54, 1.807) is 0 Å². The van der Waals surface area contributed by atoms with Crippen LogP contribution in [0.4, 0.5) is 0 Å². The molecule has 106 valence electrons. The minimum Gasteiger partial charge on any atom is -0.493 e. The Bertz CT molecular complexity index is 460. The third kappa shape index (κ3) is 2.86. The molecule has 1 aromatic carbocycles. The Morgan fingerprint density at radius 2 is 2.11 bits per heavy atom. The molecule has 0 amide bonds. The summed E-state index contributed by atoms with van der Waals surface area (Å²) in [6, 6.07) is 3.96. The van der Waals surface area contributed by atoms with Gasteiger partial charge in [-0.2, -0.15) is 0 Å². The van der Waals surface area contributed by atoms with Crippen LogP contribution in [0, 0.1) is 5.41 Å². The zero-order valence-corrected chi connectivity index (χ0v) is 12.5. The van der Waals surface area contributed by atoms with E-state index < -0.39 is 6.10 Å². The second-order valence-electron chi connectivity index (χ2n) is 6.33. The van der Waals surface area contributed by atoms with Gasteiger partial charge < -0.3 is 14.6 Å². The van der Waals surface area contributed by atoms with Crippen LogP contribution in [0.2, 0.25) is 0 Å². The number of rotatable bonds is 3. The third-order valence-corrected chi connectivity index (χ3v) is 3.44. The van der Waals surface area contributed by atoms with Gasteiger partial charge in [-0.05, 0) is 31.4 Å². The Kier molecular flexibility index (Phi) is 3.77. The smallest absolute Gasteiger partial charge is 0.125 e. The molecule has 1 heterocycles. The van der Waals surface area contributed by atoms with E-state index in [0.717, 1.165) is 23.5 Å². The largest absolute Gasteiger partial charge is 0.493 e. The fourth-order valence-corrected chi connectivity index (χ4v) is 2.42. The molecule has 1 aliphatic rings. The van der Waals surface area contributed by atoms with Crippen LogP contribution in [0.3, 0.4) is 0 Å². The summed E-state index contributed by atoms with van der Waals surface area (Å²) >= 11 is 0. The van der Waals surface area contributed by atoms with Crippen molar-refractivity contribution in [3.63, 3.8) is 0 Å². The predicted octanol–water partition coefficient (Wildman–Crippen LogP) is 3.49. The topological polar surface area (TPSA) is 38.7 Å². The molecule has 19 heavy (non-hydrogen) atoms. The van der Waals surface area contributed by atoms with Gasteiger partial charge in [0.1, 0.15) is 17.6 Å². The maximum Gasteiger partial charge on any atom is 0.125 e. The van der Waals surface area contributed by atoms with E-state index in [0.29, 0.717) is 6.61 Å². The summed E-state index contributed by atoms with van der Waals surface area (Å²) in [6.45, 7) is 10.7. The Morgan fingerprint density at radius 3 is 2.68 bits per heavy atom. The van der Waals surface area contributed by atoms with Gasteiger partial charge in [0, 0.05) is 17.5 Å². The highest BCUT2D eigenvalue weighted by Crippen LogP contribution is 2.42. The minimum absolute atomic E-state index is 0.200. The van der Waals surface area contributed by atoms with Gasteiger partial charge in [0.15, 0.2) is 0 Å². The van der Waals surface area contributed by atoms with Crippen molar-refractivity contribution < 1.29 is 14.6 Å². The zero-order valence-electron chi connectivity index (χ0n) is 12.5. The van der Waals surface area contributed by atoms with E-state index in [1.165, 1.54) is 5.56 Å². The van der Waals surface area contributed by atoms with Gasteiger partial charge in [0.2, 0.25) is 0 Å². The molecule has 2 atom stereocenters. The molecule has 3 heteroatoms. The van der Waals surface area contributed by atoms with E-state index >= 15 is 0 Å². The first-order chi connectivity index (χ1) is 8.82. The average molecular weight is 264 g/mol. The molecule has 3 nitrogen and oxygen atoms in total. The molecule has 2 rings (SSSR count). The predicted molar refractivity (Wildman–Crippen MR) is 75.8 cm³/mol. The van der Waals surface area contributed by atoms with Gasteiger partial charge in [-0.15, -0.1) is 0 Å². The Hall–Kier alpha value is -1.22.